The number of hydrogen-bond acceptors (Lipinski definition) is 5. The van der Waals surface area contributed by atoms with Crippen LogP contribution in [0.1, 0.15) is 12.5 Å². The topological polar surface area (TPSA) is 92.5 Å². The molecular weight excluding hydrogens is 240 g/mol. The average molecular weight is 254 g/mol. The van der Waals surface area contributed by atoms with E-state index >= 15 is 0 Å². The Morgan fingerprint density at radius 1 is 1.32 bits per heavy atom. The maximum atomic E-state index is 5.68. The first-order valence-electron chi connectivity index (χ1n) is 6.09. The number of nitrogens with one attached hydrogen (secondary N) is 2. The quantitative estimate of drug-likeness (QED) is 0.666. The van der Waals surface area contributed by atoms with Crippen LogP contribution in [0.2, 0.25) is 0 Å². The highest BCUT2D eigenvalue weighted by Gasteiger charge is 2.08. The molecule has 0 atom stereocenters. The van der Waals surface area contributed by atoms with E-state index in [1.54, 1.807) is 6.20 Å². The molecule has 6 nitrogen and oxygen atoms in total. The fourth-order valence-corrected chi connectivity index (χ4v) is 1.95. The molecule has 4 N–H and O–H groups in total. The lowest BCUT2D eigenvalue weighted by Crippen LogP contribution is -2.01. The number of aromatic amines is 1. The van der Waals surface area contributed by atoms with Crippen molar-refractivity contribution in [3.63, 3.8) is 0 Å². The number of fused-ring (bicyclic) bond motifs is 1. The zero-order chi connectivity index (χ0) is 13.2. The van der Waals surface area contributed by atoms with Gasteiger partial charge in [-0.2, -0.15) is 15.1 Å². The highest BCUT2D eigenvalue weighted by molar-refractivity contribution is 5.88. The molecule has 96 valence electrons. The number of nitrogens with zero attached hydrogens (tertiary/aromatic N) is 3. The van der Waals surface area contributed by atoms with Gasteiger partial charge in [0.1, 0.15) is 5.82 Å². The maximum absolute atomic E-state index is 5.68. The van der Waals surface area contributed by atoms with E-state index in [0.717, 1.165) is 17.5 Å². The smallest absolute Gasteiger partial charge is 0.224 e. The van der Waals surface area contributed by atoms with Crippen molar-refractivity contribution in [1.82, 2.24) is 20.2 Å². The highest BCUT2D eigenvalue weighted by atomic mass is 15.2. The van der Waals surface area contributed by atoms with Crippen molar-refractivity contribution in [1.29, 1.82) is 0 Å². The highest BCUT2D eigenvalue weighted by Crippen LogP contribution is 2.23. The molecule has 0 bridgehead atoms. The minimum Gasteiger partial charge on any atom is -0.368 e. The normalized spacial score (nSPS) is 10.8. The third kappa shape index (κ3) is 2.20. The van der Waals surface area contributed by atoms with E-state index in [-0.39, 0.29) is 5.95 Å². The summed E-state index contributed by atoms with van der Waals surface area (Å²) in [4.78, 5) is 8.30. The first-order chi connectivity index (χ1) is 9.26. The minimum absolute atomic E-state index is 0.214. The molecular formula is C13H14N6. The number of aromatic nitrogens is 4. The van der Waals surface area contributed by atoms with E-state index in [1.807, 2.05) is 12.1 Å². The first-order valence-corrected chi connectivity index (χ1v) is 6.09. The van der Waals surface area contributed by atoms with Crippen molar-refractivity contribution >= 4 is 28.5 Å². The summed E-state index contributed by atoms with van der Waals surface area (Å²) in [5.74, 6) is 0.871. The monoisotopic (exact) mass is 254 g/mol. The molecule has 1 aromatic carbocycles. The van der Waals surface area contributed by atoms with Gasteiger partial charge in [0, 0.05) is 5.69 Å². The molecule has 19 heavy (non-hydrogen) atoms. The van der Waals surface area contributed by atoms with Crippen LogP contribution in [-0.2, 0) is 6.42 Å². The van der Waals surface area contributed by atoms with Gasteiger partial charge in [-0.05, 0) is 24.1 Å². The number of anilines is 3. The Morgan fingerprint density at radius 2 is 2.21 bits per heavy atom. The first kappa shape index (κ1) is 11.5. The second-order valence-corrected chi connectivity index (χ2v) is 4.24. The van der Waals surface area contributed by atoms with Crippen LogP contribution >= 0.6 is 0 Å². The van der Waals surface area contributed by atoms with Gasteiger partial charge in [0.25, 0.3) is 0 Å². The van der Waals surface area contributed by atoms with Crippen LogP contribution < -0.4 is 11.1 Å². The SMILES string of the molecule is CCc1cccc(Nc2nc(N)nc3[nH]ncc23)c1. The van der Waals surface area contributed by atoms with Crippen molar-refractivity contribution < 1.29 is 0 Å². The molecule has 0 unspecified atom stereocenters. The van der Waals surface area contributed by atoms with Crippen LogP contribution in [0.25, 0.3) is 11.0 Å². The Labute approximate surface area is 110 Å². The number of aryl methyl sites for hydroxylation is 1. The standard InChI is InChI=1S/C13H14N6/c1-2-8-4-3-5-9(6-8)16-11-10-7-15-19-12(10)18-13(14)17-11/h3-7H,2H2,1H3,(H4,14,15,16,17,18,19). The maximum Gasteiger partial charge on any atom is 0.224 e. The van der Waals surface area contributed by atoms with E-state index in [2.05, 4.69) is 44.5 Å². The molecule has 6 heteroatoms. The van der Waals surface area contributed by atoms with E-state index in [0.29, 0.717) is 11.5 Å². The van der Waals surface area contributed by atoms with Crippen LogP contribution in [0.3, 0.4) is 0 Å². The number of nitrogen functional groups attached to an aromatic ring is 1. The van der Waals surface area contributed by atoms with Gasteiger partial charge >= 0.3 is 0 Å². The van der Waals surface area contributed by atoms with Crippen LogP contribution in [0, 0.1) is 0 Å². The van der Waals surface area contributed by atoms with Gasteiger partial charge < -0.3 is 11.1 Å². The van der Waals surface area contributed by atoms with E-state index in [9.17, 15) is 0 Å². The molecule has 0 aliphatic heterocycles. The van der Waals surface area contributed by atoms with Crippen LogP contribution in [0.4, 0.5) is 17.5 Å². The molecule has 0 fully saturated rings. The minimum atomic E-state index is 0.214. The molecule has 0 aliphatic carbocycles. The summed E-state index contributed by atoms with van der Waals surface area (Å²) >= 11 is 0. The van der Waals surface area contributed by atoms with Gasteiger partial charge in [-0.3, -0.25) is 5.10 Å². The molecule has 3 rings (SSSR count). The lowest BCUT2D eigenvalue weighted by Gasteiger charge is -2.08. The number of H-pyrrole nitrogens is 1. The van der Waals surface area contributed by atoms with Gasteiger partial charge in [-0.15, -0.1) is 0 Å². The summed E-state index contributed by atoms with van der Waals surface area (Å²) in [5, 5.41) is 10.8. The van der Waals surface area contributed by atoms with Gasteiger partial charge in [-0.1, -0.05) is 19.1 Å². The zero-order valence-corrected chi connectivity index (χ0v) is 10.5. The second-order valence-electron chi connectivity index (χ2n) is 4.24. The number of hydrogen-bond donors (Lipinski definition) is 3. The summed E-state index contributed by atoms with van der Waals surface area (Å²) in [6.45, 7) is 2.12. The van der Waals surface area contributed by atoms with E-state index in [4.69, 9.17) is 5.73 Å². The van der Waals surface area contributed by atoms with Crippen molar-refractivity contribution in [2.75, 3.05) is 11.1 Å². The van der Waals surface area contributed by atoms with E-state index < -0.39 is 0 Å². The fourth-order valence-electron chi connectivity index (χ4n) is 1.95. The molecule has 2 aromatic heterocycles. The Morgan fingerprint density at radius 3 is 3.05 bits per heavy atom. The average Bonchev–Trinajstić information content (AvgIpc) is 2.87. The lowest BCUT2D eigenvalue weighted by atomic mass is 10.1. The molecule has 3 aromatic rings. The summed E-state index contributed by atoms with van der Waals surface area (Å²) in [6.07, 6.45) is 2.67. The summed E-state index contributed by atoms with van der Waals surface area (Å²) in [6, 6.07) is 8.18. The number of rotatable bonds is 3. The molecule has 0 spiro atoms. The summed E-state index contributed by atoms with van der Waals surface area (Å²) in [7, 11) is 0. The lowest BCUT2D eigenvalue weighted by molar-refractivity contribution is 1.09. The van der Waals surface area contributed by atoms with Crippen molar-refractivity contribution in [2.24, 2.45) is 0 Å². The van der Waals surface area contributed by atoms with Gasteiger partial charge in [0.15, 0.2) is 5.65 Å². The Balaban J connectivity index is 2.02. The molecule has 0 amide bonds. The third-order valence-corrected chi connectivity index (χ3v) is 2.93. The molecule has 0 saturated carbocycles. The van der Waals surface area contributed by atoms with Crippen molar-refractivity contribution in [3.8, 4) is 0 Å². The molecule has 0 radical (unpaired) electrons. The zero-order valence-electron chi connectivity index (χ0n) is 10.5. The van der Waals surface area contributed by atoms with Gasteiger partial charge in [0.2, 0.25) is 5.95 Å². The largest absolute Gasteiger partial charge is 0.368 e. The summed E-state index contributed by atoms with van der Waals surface area (Å²) in [5.41, 5.74) is 8.54. The molecule has 0 aliphatic rings. The van der Waals surface area contributed by atoms with Crippen LogP contribution in [0.15, 0.2) is 30.5 Å². The number of benzene rings is 1. The Hall–Kier alpha value is -2.63. The van der Waals surface area contributed by atoms with Gasteiger partial charge in [-0.25, -0.2) is 0 Å². The number of nitrogens with two attached hydrogens (primary N) is 1. The second kappa shape index (κ2) is 4.56. The van der Waals surface area contributed by atoms with Crippen LogP contribution in [0.5, 0.6) is 0 Å². The summed E-state index contributed by atoms with van der Waals surface area (Å²) < 4.78 is 0. The van der Waals surface area contributed by atoms with Crippen molar-refractivity contribution in [3.05, 3.63) is 36.0 Å². The predicted octanol–water partition coefficient (Wildman–Crippen LogP) is 2.24. The predicted molar refractivity (Wildman–Crippen MR) is 75.2 cm³/mol. The molecule has 2 heterocycles. The van der Waals surface area contributed by atoms with E-state index in [1.165, 1.54) is 5.56 Å². The Bertz CT molecular complexity index is 718. The van der Waals surface area contributed by atoms with Gasteiger partial charge in [0.05, 0.1) is 11.6 Å². The van der Waals surface area contributed by atoms with Crippen LogP contribution in [-0.4, -0.2) is 20.2 Å². The van der Waals surface area contributed by atoms with Crippen molar-refractivity contribution in [2.45, 2.75) is 13.3 Å². The molecule has 0 saturated heterocycles. The third-order valence-electron chi connectivity index (χ3n) is 2.93. The Kier molecular flexibility index (Phi) is 2.75. The fraction of sp³-hybridized carbons (Fsp3) is 0.154.